The molecule has 1 rings (SSSR count). The SMILES string of the molecule is CN(CC(C)(C)O)C(=O)CCNC1CC1. The zero-order chi connectivity index (χ0) is 11.5. The Kier molecular flexibility index (Phi) is 4.11. The van der Waals surface area contributed by atoms with Crippen molar-refractivity contribution in [1.29, 1.82) is 0 Å². The standard InChI is InChI=1S/C11H22N2O2/c1-11(2,15)8-13(3)10(14)6-7-12-9-4-5-9/h9,12,15H,4-8H2,1-3H3. The topological polar surface area (TPSA) is 52.6 Å². The zero-order valence-electron chi connectivity index (χ0n) is 9.92. The first kappa shape index (κ1) is 12.5. The lowest BCUT2D eigenvalue weighted by Crippen LogP contribution is -2.40. The fraction of sp³-hybridized carbons (Fsp3) is 0.909. The van der Waals surface area contributed by atoms with Gasteiger partial charge in [0.1, 0.15) is 0 Å². The highest BCUT2D eigenvalue weighted by atomic mass is 16.3. The van der Waals surface area contributed by atoms with Crippen LogP contribution in [0.15, 0.2) is 0 Å². The van der Waals surface area contributed by atoms with E-state index in [9.17, 15) is 9.90 Å². The molecule has 0 aromatic heterocycles. The van der Waals surface area contributed by atoms with E-state index in [1.165, 1.54) is 12.8 Å². The monoisotopic (exact) mass is 214 g/mol. The number of carbonyl (C=O) groups excluding carboxylic acids is 1. The van der Waals surface area contributed by atoms with Crippen molar-refractivity contribution in [3.63, 3.8) is 0 Å². The summed E-state index contributed by atoms with van der Waals surface area (Å²) in [7, 11) is 1.73. The van der Waals surface area contributed by atoms with Crippen molar-refractivity contribution in [3.8, 4) is 0 Å². The number of hydrogen-bond acceptors (Lipinski definition) is 3. The second-order valence-electron chi connectivity index (χ2n) is 5.04. The minimum Gasteiger partial charge on any atom is -0.389 e. The van der Waals surface area contributed by atoms with Gasteiger partial charge in [-0.2, -0.15) is 0 Å². The number of nitrogens with zero attached hydrogens (tertiary/aromatic N) is 1. The molecule has 0 saturated heterocycles. The molecule has 15 heavy (non-hydrogen) atoms. The first-order valence-electron chi connectivity index (χ1n) is 5.58. The Morgan fingerprint density at radius 3 is 2.60 bits per heavy atom. The average molecular weight is 214 g/mol. The maximum Gasteiger partial charge on any atom is 0.223 e. The maximum absolute atomic E-state index is 11.6. The molecular weight excluding hydrogens is 192 g/mol. The minimum absolute atomic E-state index is 0.0882. The number of amides is 1. The summed E-state index contributed by atoms with van der Waals surface area (Å²) < 4.78 is 0. The van der Waals surface area contributed by atoms with E-state index in [0.29, 0.717) is 19.0 Å². The van der Waals surface area contributed by atoms with Crippen LogP contribution in [0.2, 0.25) is 0 Å². The highest BCUT2D eigenvalue weighted by Crippen LogP contribution is 2.18. The van der Waals surface area contributed by atoms with Gasteiger partial charge >= 0.3 is 0 Å². The Hall–Kier alpha value is -0.610. The molecule has 1 saturated carbocycles. The van der Waals surface area contributed by atoms with E-state index in [4.69, 9.17) is 0 Å². The van der Waals surface area contributed by atoms with Crippen molar-refractivity contribution < 1.29 is 9.90 Å². The van der Waals surface area contributed by atoms with E-state index in [2.05, 4.69) is 5.32 Å². The Labute approximate surface area is 91.6 Å². The van der Waals surface area contributed by atoms with Crippen LogP contribution in [-0.4, -0.2) is 47.7 Å². The molecule has 0 aromatic rings. The third-order valence-electron chi connectivity index (χ3n) is 2.40. The molecule has 2 N–H and O–H groups in total. The van der Waals surface area contributed by atoms with E-state index in [1.807, 2.05) is 0 Å². The second kappa shape index (κ2) is 4.94. The minimum atomic E-state index is -0.811. The zero-order valence-corrected chi connectivity index (χ0v) is 9.92. The molecular formula is C11H22N2O2. The molecule has 0 bridgehead atoms. The normalized spacial score (nSPS) is 16.5. The van der Waals surface area contributed by atoms with Gasteiger partial charge in [0.25, 0.3) is 0 Å². The predicted molar refractivity (Wildman–Crippen MR) is 59.6 cm³/mol. The number of hydrogen-bond donors (Lipinski definition) is 2. The van der Waals surface area contributed by atoms with Crippen LogP contribution in [0, 0.1) is 0 Å². The van der Waals surface area contributed by atoms with Crippen LogP contribution >= 0.6 is 0 Å². The molecule has 0 atom stereocenters. The smallest absolute Gasteiger partial charge is 0.223 e. The van der Waals surface area contributed by atoms with Crippen LogP contribution in [0.4, 0.5) is 0 Å². The summed E-state index contributed by atoms with van der Waals surface area (Å²) in [5, 5.41) is 12.8. The lowest BCUT2D eigenvalue weighted by Gasteiger charge is -2.25. The van der Waals surface area contributed by atoms with Crippen LogP contribution < -0.4 is 5.32 Å². The van der Waals surface area contributed by atoms with Crippen molar-refractivity contribution >= 4 is 5.91 Å². The Morgan fingerprint density at radius 2 is 2.13 bits per heavy atom. The first-order valence-corrected chi connectivity index (χ1v) is 5.58. The molecule has 0 heterocycles. The summed E-state index contributed by atoms with van der Waals surface area (Å²) in [6.07, 6.45) is 3.00. The van der Waals surface area contributed by atoms with Crippen molar-refractivity contribution in [2.24, 2.45) is 0 Å². The van der Waals surface area contributed by atoms with Gasteiger partial charge in [0.15, 0.2) is 0 Å². The molecule has 0 spiro atoms. The van der Waals surface area contributed by atoms with E-state index in [0.717, 1.165) is 6.54 Å². The Morgan fingerprint density at radius 1 is 1.53 bits per heavy atom. The molecule has 88 valence electrons. The van der Waals surface area contributed by atoms with Crippen LogP contribution in [0.5, 0.6) is 0 Å². The van der Waals surface area contributed by atoms with Gasteiger partial charge in [-0.3, -0.25) is 4.79 Å². The lowest BCUT2D eigenvalue weighted by atomic mass is 10.1. The number of aliphatic hydroxyl groups is 1. The molecule has 1 fully saturated rings. The largest absolute Gasteiger partial charge is 0.389 e. The Balaban J connectivity index is 2.13. The van der Waals surface area contributed by atoms with Crippen molar-refractivity contribution in [3.05, 3.63) is 0 Å². The lowest BCUT2D eigenvalue weighted by molar-refractivity contribution is -0.132. The van der Waals surface area contributed by atoms with E-state index >= 15 is 0 Å². The summed E-state index contributed by atoms with van der Waals surface area (Å²) in [5.41, 5.74) is -0.811. The van der Waals surface area contributed by atoms with Gasteiger partial charge in [0, 0.05) is 32.6 Å². The fourth-order valence-electron chi connectivity index (χ4n) is 1.53. The van der Waals surface area contributed by atoms with Gasteiger partial charge in [-0.15, -0.1) is 0 Å². The summed E-state index contributed by atoms with van der Waals surface area (Å²) >= 11 is 0. The van der Waals surface area contributed by atoms with Gasteiger partial charge in [0.2, 0.25) is 5.91 Å². The van der Waals surface area contributed by atoms with Crippen LogP contribution in [0.3, 0.4) is 0 Å². The molecule has 4 nitrogen and oxygen atoms in total. The third kappa shape index (κ3) is 5.74. The second-order valence-corrected chi connectivity index (χ2v) is 5.04. The highest BCUT2D eigenvalue weighted by molar-refractivity contribution is 5.76. The highest BCUT2D eigenvalue weighted by Gasteiger charge is 2.22. The summed E-state index contributed by atoms with van der Waals surface area (Å²) in [6, 6.07) is 0.650. The summed E-state index contributed by atoms with van der Waals surface area (Å²) in [5.74, 6) is 0.0882. The van der Waals surface area contributed by atoms with Crippen molar-refractivity contribution in [1.82, 2.24) is 10.2 Å². The molecule has 1 amide bonds. The maximum atomic E-state index is 11.6. The number of carbonyl (C=O) groups is 1. The quantitative estimate of drug-likeness (QED) is 0.671. The van der Waals surface area contributed by atoms with Gasteiger partial charge < -0.3 is 15.3 Å². The molecule has 1 aliphatic rings. The van der Waals surface area contributed by atoms with Crippen molar-refractivity contribution in [2.45, 2.75) is 44.8 Å². The fourth-order valence-corrected chi connectivity index (χ4v) is 1.53. The Bertz CT molecular complexity index is 219. The molecule has 4 heteroatoms. The average Bonchev–Trinajstić information content (AvgIpc) is 2.84. The van der Waals surface area contributed by atoms with Crippen LogP contribution in [0.25, 0.3) is 0 Å². The predicted octanol–water partition coefficient (Wildman–Crippen LogP) is 0.358. The molecule has 0 aliphatic heterocycles. The number of rotatable bonds is 6. The third-order valence-corrected chi connectivity index (χ3v) is 2.40. The molecule has 0 radical (unpaired) electrons. The first-order chi connectivity index (χ1) is 6.88. The molecule has 1 aliphatic carbocycles. The van der Waals surface area contributed by atoms with E-state index in [-0.39, 0.29) is 5.91 Å². The van der Waals surface area contributed by atoms with E-state index in [1.54, 1.807) is 25.8 Å². The van der Waals surface area contributed by atoms with Crippen molar-refractivity contribution in [2.75, 3.05) is 20.1 Å². The molecule has 0 unspecified atom stereocenters. The van der Waals surface area contributed by atoms with Gasteiger partial charge in [-0.05, 0) is 26.7 Å². The summed E-state index contributed by atoms with van der Waals surface area (Å²) in [4.78, 5) is 13.2. The van der Waals surface area contributed by atoms with Gasteiger partial charge in [0.05, 0.1) is 5.60 Å². The number of likely N-dealkylation sites (N-methyl/N-ethyl adjacent to an activating group) is 1. The summed E-state index contributed by atoms with van der Waals surface area (Å²) in [6.45, 7) is 4.55. The van der Waals surface area contributed by atoms with E-state index < -0.39 is 5.60 Å². The van der Waals surface area contributed by atoms with Crippen LogP contribution in [0.1, 0.15) is 33.1 Å². The van der Waals surface area contributed by atoms with Gasteiger partial charge in [-0.25, -0.2) is 0 Å². The van der Waals surface area contributed by atoms with Gasteiger partial charge in [-0.1, -0.05) is 0 Å². The number of nitrogens with one attached hydrogen (secondary N) is 1. The van der Waals surface area contributed by atoms with Crippen LogP contribution in [-0.2, 0) is 4.79 Å². The molecule has 0 aromatic carbocycles.